The zero-order chi connectivity index (χ0) is 19.2. The Morgan fingerprint density at radius 1 is 1.48 bits per heavy atom. The van der Waals surface area contributed by atoms with Crippen LogP contribution in [0.1, 0.15) is 28.9 Å². The summed E-state index contributed by atoms with van der Waals surface area (Å²) in [6, 6.07) is 7.71. The number of carboxylic acid groups (broad SMARTS) is 1. The van der Waals surface area contributed by atoms with Gasteiger partial charge in [-0.2, -0.15) is 0 Å². The Morgan fingerprint density at radius 3 is 3.07 bits per heavy atom. The predicted molar refractivity (Wildman–Crippen MR) is 104 cm³/mol. The topological polar surface area (TPSA) is 106 Å². The summed E-state index contributed by atoms with van der Waals surface area (Å²) in [6.45, 7) is 1.50. The largest absolute Gasteiger partial charge is 0.491 e. The predicted octanol–water partition coefficient (Wildman–Crippen LogP) is 2.46. The highest BCUT2D eigenvalue weighted by molar-refractivity contribution is 8.01. The number of thioether (sulfide) groups is 1. The van der Waals surface area contributed by atoms with Crippen molar-refractivity contribution in [3.63, 3.8) is 0 Å². The van der Waals surface area contributed by atoms with Crippen molar-refractivity contribution >= 4 is 35.0 Å². The van der Waals surface area contributed by atoms with E-state index in [4.69, 9.17) is 15.6 Å². The van der Waals surface area contributed by atoms with Gasteiger partial charge in [0.05, 0.1) is 6.04 Å². The van der Waals surface area contributed by atoms with Crippen molar-refractivity contribution in [2.45, 2.75) is 29.8 Å². The first kappa shape index (κ1) is 19.7. The fraction of sp³-hybridized carbons (Fsp3) is 0.389. The molecular formula is C18H21N3O4S2. The monoisotopic (exact) mass is 407 g/mol. The number of nitrogens with zero attached hydrogens (tertiary/aromatic N) is 2. The summed E-state index contributed by atoms with van der Waals surface area (Å²) >= 11 is 2.77. The summed E-state index contributed by atoms with van der Waals surface area (Å²) in [4.78, 5) is 29.0. The third kappa shape index (κ3) is 5.21. The summed E-state index contributed by atoms with van der Waals surface area (Å²) in [6.07, 6.45) is 1.31. The zero-order valence-electron chi connectivity index (χ0n) is 14.7. The smallest absolute Gasteiger partial charge is 0.355 e. The standard InChI is InChI=1S/C18H21N3O4S2/c19-9-12-2-1-3-14(8-12)25-10-13-4-5-16(22)21(13)6-7-26-18-20-15(11-27-18)17(23)24/h1-3,8,11,13H,4-7,9-10,19H2,(H,23,24). The Bertz CT molecular complexity index is 811. The van der Waals surface area contributed by atoms with Gasteiger partial charge in [-0.3, -0.25) is 4.79 Å². The van der Waals surface area contributed by atoms with Gasteiger partial charge in [0, 0.05) is 30.6 Å². The Morgan fingerprint density at radius 2 is 2.33 bits per heavy atom. The lowest BCUT2D eigenvalue weighted by Crippen LogP contribution is -2.38. The molecule has 1 aliphatic heterocycles. The van der Waals surface area contributed by atoms with Crippen LogP contribution in [0.25, 0.3) is 0 Å². The molecule has 0 aliphatic carbocycles. The van der Waals surface area contributed by atoms with Crippen molar-refractivity contribution in [3.05, 3.63) is 40.9 Å². The van der Waals surface area contributed by atoms with Crippen molar-refractivity contribution in [1.82, 2.24) is 9.88 Å². The average Bonchev–Trinajstić information content (AvgIpc) is 3.28. The number of hydrogen-bond donors (Lipinski definition) is 2. The minimum absolute atomic E-state index is 0.0468. The molecular weight excluding hydrogens is 386 g/mol. The molecule has 1 saturated heterocycles. The lowest BCUT2D eigenvalue weighted by atomic mass is 10.2. The zero-order valence-corrected chi connectivity index (χ0v) is 16.3. The molecule has 27 heavy (non-hydrogen) atoms. The number of aromatic carboxylic acids is 1. The number of rotatable bonds is 9. The number of carbonyl (C=O) groups excluding carboxylic acids is 1. The van der Waals surface area contributed by atoms with Crippen LogP contribution in [0.5, 0.6) is 5.75 Å². The van der Waals surface area contributed by atoms with Gasteiger partial charge in [-0.15, -0.1) is 11.3 Å². The second-order valence-corrected chi connectivity index (χ2v) is 8.29. The van der Waals surface area contributed by atoms with Crippen LogP contribution in [0.4, 0.5) is 0 Å². The van der Waals surface area contributed by atoms with Crippen LogP contribution in [-0.2, 0) is 11.3 Å². The highest BCUT2D eigenvalue weighted by Gasteiger charge is 2.31. The molecule has 3 N–H and O–H groups in total. The quantitative estimate of drug-likeness (QED) is 0.615. The Hall–Kier alpha value is -2.10. The molecule has 144 valence electrons. The van der Waals surface area contributed by atoms with Crippen LogP contribution in [-0.4, -0.2) is 51.8 Å². The number of ether oxygens (including phenoxy) is 1. The Kier molecular flexibility index (Phi) is 6.70. The fourth-order valence-electron chi connectivity index (χ4n) is 2.88. The highest BCUT2D eigenvalue weighted by Crippen LogP contribution is 2.25. The molecule has 0 saturated carbocycles. The number of amides is 1. The van der Waals surface area contributed by atoms with Crippen molar-refractivity contribution in [1.29, 1.82) is 0 Å². The molecule has 1 fully saturated rings. The van der Waals surface area contributed by atoms with Crippen molar-refractivity contribution in [3.8, 4) is 5.75 Å². The number of aromatic nitrogens is 1. The van der Waals surface area contributed by atoms with E-state index in [2.05, 4.69) is 4.98 Å². The fourth-order valence-corrected chi connectivity index (χ4v) is 4.69. The van der Waals surface area contributed by atoms with Gasteiger partial charge in [-0.1, -0.05) is 23.9 Å². The van der Waals surface area contributed by atoms with Crippen LogP contribution < -0.4 is 10.5 Å². The molecule has 7 nitrogen and oxygen atoms in total. The first-order valence-electron chi connectivity index (χ1n) is 8.59. The Labute approximate surface area is 165 Å². The maximum absolute atomic E-state index is 12.2. The molecule has 1 unspecified atom stereocenters. The number of carboxylic acids is 1. The SMILES string of the molecule is NCc1cccc(OCC2CCC(=O)N2CCSc2nc(C(=O)O)cs2)c1. The lowest BCUT2D eigenvalue weighted by Gasteiger charge is -2.24. The molecule has 0 bridgehead atoms. The first-order chi connectivity index (χ1) is 13.1. The number of benzene rings is 1. The molecule has 0 spiro atoms. The normalized spacial score (nSPS) is 16.7. The van der Waals surface area contributed by atoms with Gasteiger partial charge in [0.25, 0.3) is 0 Å². The van der Waals surface area contributed by atoms with Crippen molar-refractivity contribution < 1.29 is 19.4 Å². The van der Waals surface area contributed by atoms with Crippen LogP contribution >= 0.6 is 23.1 Å². The second-order valence-electron chi connectivity index (χ2n) is 6.09. The van der Waals surface area contributed by atoms with Crippen LogP contribution in [0.3, 0.4) is 0 Å². The minimum Gasteiger partial charge on any atom is -0.491 e. The summed E-state index contributed by atoms with van der Waals surface area (Å²) in [7, 11) is 0. The van der Waals surface area contributed by atoms with E-state index in [0.29, 0.717) is 36.2 Å². The molecule has 9 heteroatoms. The second kappa shape index (κ2) is 9.20. The van der Waals surface area contributed by atoms with E-state index in [0.717, 1.165) is 17.7 Å². The van der Waals surface area contributed by atoms with Gasteiger partial charge in [0.15, 0.2) is 10.0 Å². The van der Waals surface area contributed by atoms with E-state index in [1.165, 1.54) is 28.5 Å². The van der Waals surface area contributed by atoms with E-state index >= 15 is 0 Å². The lowest BCUT2D eigenvalue weighted by molar-refractivity contribution is -0.129. The minimum atomic E-state index is -1.02. The van der Waals surface area contributed by atoms with Gasteiger partial charge in [-0.05, 0) is 24.1 Å². The number of thiazole rings is 1. The van der Waals surface area contributed by atoms with Crippen molar-refractivity contribution in [2.24, 2.45) is 5.73 Å². The third-order valence-electron chi connectivity index (χ3n) is 4.29. The average molecular weight is 408 g/mol. The van der Waals surface area contributed by atoms with E-state index in [9.17, 15) is 9.59 Å². The molecule has 1 aliphatic rings. The number of nitrogens with two attached hydrogens (primary N) is 1. The third-order valence-corrected chi connectivity index (χ3v) is 6.29. The maximum atomic E-state index is 12.2. The van der Waals surface area contributed by atoms with Crippen LogP contribution in [0.15, 0.2) is 34.0 Å². The molecule has 3 rings (SSSR count). The molecule has 2 heterocycles. The van der Waals surface area contributed by atoms with Gasteiger partial charge in [-0.25, -0.2) is 9.78 Å². The number of hydrogen-bond acceptors (Lipinski definition) is 7. The van der Waals surface area contributed by atoms with E-state index < -0.39 is 5.97 Å². The summed E-state index contributed by atoms with van der Waals surface area (Å²) in [5.41, 5.74) is 6.72. The molecule has 1 aromatic carbocycles. The summed E-state index contributed by atoms with van der Waals surface area (Å²) < 4.78 is 6.57. The van der Waals surface area contributed by atoms with Gasteiger partial charge in [0.2, 0.25) is 5.91 Å². The number of likely N-dealkylation sites (tertiary alicyclic amines) is 1. The van der Waals surface area contributed by atoms with E-state index in [1.807, 2.05) is 29.2 Å². The molecule has 1 amide bonds. The van der Waals surface area contributed by atoms with Gasteiger partial charge < -0.3 is 20.5 Å². The van der Waals surface area contributed by atoms with E-state index in [-0.39, 0.29) is 17.6 Å². The van der Waals surface area contributed by atoms with E-state index in [1.54, 1.807) is 0 Å². The molecule has 0 radical (unpaired) electrons. The molecule has 1 atom stereocenters. The number of carbonyl (C=O) groups is 2. The van der Waals surface area contributed by atoms with Crippen LogP contribution in [0.2, 0.25) is 0 Å². The molecule has 1 aromatic heterocycles. The highest BCUT2D eigenvalue weighted by atomic mass is 32.2. The summed E-state index contributed by atoms with van der Waals surface area (Å²) in [5.74, 6) is 0.530. The van der Waals surface area contributed by atoms with Crippen molar-refractivity contribution in [2.75, 3.05) is 18.9 Å². The van der Waals surface area contributed by atoms with Gasteiger partial charge >= 0.3 is 5.97 Å². The maximum Gasteiger partial charge on any atom is 0.355 e. The molecule has 2 aromatic rings. The van der Waals surface area contributed by atoms with Gasteiger partial charge in [0.1, 0.15) is 12.4 Å². The first-order valence-corrected chi connectivity index (χ1v) is 10.5. The van der Waals surface area contributed by atoms with Crippen LogP contribution in [0, 0.1) is 0 Å². The summed E-state index contributed by atoms with van der Waals surface area (Å²) in [5, 5.41) is 10.4. The Balaban J connectivity index is 1.50.